The third-order valence-electron chi connectivity index (χ3n) is 2.32. The van der Waals surface area contributed by atoms with E-state index >= 15 is 0 Å². The topological polar surface area (TPSA) is 66.4 Å². The Bertz CT molecular complexity index is 204. The molecule has 0 aromatic heterocycles. The number of hydrogen-bond donors (Lipinski definition) is 2. The minimum absolute atomic E-state index is 0.0349. The fourth-order valence-corrected chi connectivity index (χ4v) is 1.23. The average molecular weight is 215 g/mol. The van der Waals surface area contributed by atoms with Crippen LogP contribution in [0.5, 0.6) is 0 Å². The first-order chi connectivity index (χ1) is 7.07. The van der Waals surface area contributed by atoms with E-state index in [1.807, 2.05) is 0 Å². The van der Waals surface area contributed by atoms with Crippen LogP contribution < -0.4 is 5.32 Å². The highest BCUT2D eigenvalue weighted by Gasteiger charge is 2.13. The first kappa shape index (κ1) is 13.9. The second kappa shape index (κ2) is 8.26. The van der Waals surface area contributed by atoms with Gasteiger partial charge in [0.05, 0.1) is 0 Å². The molecule has 4 nitrogen and oxygen atoms in total. The summed E-state index contributed by atoms with van der Waals surface area (Å²) in [6.45, 7) is 4.57. The van der Waals surface area contributed by atoms with Crippen molar-refractivity contribution in [3.63, 3.8) is 0 Å². The standard InChI is InChI=1S/C11H21NO3/c1-3-4-5-8-12-11(15)9(2)6-7-10(13)14/h9H,3-8H2,1-2H3,(H,12,15)(H,13,14)/t9-/m1/s1. The number of nitrogens with one attached hydrogen (secondary N) is 1. The molecule has 0 aliphatic heterocycles. The molecular formula is C11H21NO3. The monoisotopic (exact) mass is 215 g/mol. The number of aliphatic carboxylic acids is 1. The maximum absolute atomic E-state index is 11.4. The van der Waals surface area contributed by atoms with Gasteiger partial charge in [0, 0.05) is 18.9 Å². The molecule has 15 heavy (non-hydrogen) atoms. The summed E-state index contributed by atoms with van der Waals surface area (Å²) in [5, 5.41) is 11.3. The Morgan fingerprint density at radius 2 is 2.00 bits per heavy atom. The Labute approximate surface area is 91.1 Å². The lowest BCUT2D eigenvalue weighted by molar-refractivity contribution is -0.137. The molecule has 0 spiro atoms. The van der Waals surface area contributed by atoms with Gasteiger partial charge in [-0.1, -0.05) is 26.7 Å². The molecule has 88 valence electrons. The smallest absolute Gasteiger partial charge is 0.303 e. The van der Waals surface area contributed by atoms with Crippen LogP contribution in [-0.4, -0.2) is 23.5 Å². The van der Waals surface area contributed by atoms with Crippen molar-refractivity contribution in [1.82, 2.24) is 5.32 Å². The number of carbonyl (C=O) groups excluding carboxylic acids is 1. The van der Waals surface area contributed by atoms with Crippen LogP contribution in [0.15, 0.2) is 0 Å². The Hall–Kier alpha value is -1.06. The molecule has 0 unspecified atom stereocenters. The minimum atomic E-state index is -0.847. The zero-order chi connectivity index (χ0) is 11.7. The predicted octanol–water partition coefficient (Wildman–Crippen LogP) is 1.79. The van der Waals surface area contributed by atoms with Crippen LogP contribution in [0.2, 0.25) is 0 Å². The van der Waals surface area contributed by atoms with E-state index in [0.717, 1.165) is 19.3 Å². The lowest BCUT2D eigenvalue weighted by Gasteiger charge is -2.10. The molecule has 0 saturated heterocycles. The van der Waals surface area contributed by atoms with Crippen LogP contribution in [0.4, 0.5) is 0 Å². The zero-order valence-corrected chi connectivity index (χ0v) is 9.58. The van der Waals surface area contributed by atoms with Gasteiger partial charge in [0.15, 0.2) is 0 Å². The number of amides is 1. The Morgan fingerprint density at radius 3 is 2.53 bits per heavy atom. The summed E-state index contributed by atoms with van der Waals surface area (Å²) in [6.07, 6.45) is 3.71. The highest BCUT2D eigenvalue weighted by atomic mass is 16.4. The zero-order valence-electron chi connectivity index (χ0n) is 9.58. The van der Waals surface area contributed by atoms with Gasteiger partial charge in [-0.3, -0.25) is 9.59 Å². The van der Waals surface area contributed by atoms with Crippen molar-refractivity contribution in [3.05, 3.63) is 0 Å². The van der Waals surface area contributed by atoms with Gasteiger partial charge in [-0.25, -0.2) is 0 Å². The van der Waals surface area contributed by atoms with Crippen LogP contribution >= 0.6 is 0 Å². The Kier molecular flexibility index (Phi) is 7.68. The number of rotatable bonds is 8. The molecule has 0 aromatic rings. The van der Waals surface area contributed by atoms with E-state index in [-0.39, 0.29) is 18.2 Å². The van der Waals surface area contributed by atoms with Gasteiger partial charge < -0.3 is 10.4 Å². The number of carbonyl (C=O) groups is 2. The van der Waals surface area contributed by atoms with Crippen molar-refractivity contribution < 1.29 is 14.7 Å². The molecular weight excluding hydrogens is 194 g/mol. The molecule has 0 fully saturated rings. The van der Waals surface area contributed by atoms with Gasteiger partial charge >= 0.3 is 5.97 Å². The lowest BCUT2D eigenvalue weighted by atomic mass is 10.0. The van der Waals surface area contributed by atoms with Crippen molar-refractivity contribution in [1.29, 1.82) is 0 Å². The lowest BCUT2D eigenvalue weighted by Crippen LogP contribution is -2.30. The second-order valence-corrected chi connectivity index (χ2v) is 3.83. The van der Waals surface area contributed by atoms with Gasteiger partial charge in [0.1, 0.15) is 0 Å². The van der Waals surface area contributed by atoms with Crippen molar-refractivity contribution in [2.24, 2.45) is 5.92 Å². The molecule has 0 heterocycles. The maximum atomic E-state index is 11.4. The van der Waals surface area contributed by atoms with Crippen molar-refractivity contribution in [2.45, 2.75) is 46.0 Å². The van der Waals surface area contributed by atoms with E-state index in [4.69, 9.17) is 5.11 Å². The minimum Gasteiger partial charge on any atom is -0.481 e. The molecule has 0 aliphatic carbocycles. The van der Waals surface area contributed by atoms with Crippen LogP contribution in [0.3, 0.4) is 0 Å². The SMILES string of the molecule is CCCCCNC(=O)[C@H](C)CCC(=O)O. The normalized spacial score (nSPS) is 12.1. The number of hydrogen-bond acceptors (Lipinski definition) is 2. The van der Waals surface area contributed by atoms with Crippen LogP contribution in [-0.2, 0) is 9.59 Å². The van der Waals surface area contributed by atoms with Gasteiger partial charge in [-0.15, -0.1) is 0 Å². The van der Waals surface area contributed by atoms with Gasteiger partial charge in [0.25, 0.3) is 0 Å². The molecule has 0 saturated carbocycles. The van der Waals surface area contributed by atoms with Crippen molar-refractivity contribution in [3.8, 4) is 0 Å². The van der Waals surface area contributed by atoms with Gasteiger partial charge in [0.2, 0.25) is 5.91 Å². The molecule has 1 atom stereocenters. The van der Waals surface area contributed by atoms with Gasteiger partial charge in [-0.05, 0) is 12.8 Å². The van der Waals surface area contributed by atoms with E-state index in [1.54, 1.807) is 6.92 Å². The summed E-state index contributed by atoms with van der Waals surface area (Å²) in [5.74, 6) is -1.09. The average Bonchev–Trinajstić information content (AvgIpc) is 2.20. The largest absolute Gasteiger partial charge is 0.481 e. The van der Waals surface area contributed by atoms with E-state index in [9.17, 15) is 9.59 Å². The van der Waals surface area contributed by atoms with E-state index in [2.05, 4.69) is 12.2 Å². The fourth-order valence-electron chi connectivity index (χ4n) is 1.23. The van der Waals surface area contributed by atoms with E-state index < -0.39 is 5.97 Å². The summed E-state index contributed by atoms with van der Waals surface area (Å²) < 4.78 is 0. The summed E-state index contributed by atoms with van der Waals surface area (Å²) >= 11 is 0. The maximum Gasteiger partial charge on any atom is 0.303 e. The number of unbranched alkanes of at least 4 members (excludes halogenated alkanes) is 2. The molecule has 0 bridgehead atoms. The summed E-state index contributed by atoms with van der Waals surface area (Å²) in [7, 11) is 0. The summed E-state index contributed by atoms with van der Waals surface area (Å²) in [5.41, 5.74) is 0. The highest BCUT2D eigenvalue weighted by Crippen LogP contribution is 2.05. The van der Waals surface area contributed by atoms with Crippen LogP contribution in [0.25, 0.3) is 0 Å². The molecule has 1 amide bonds. The molecule has 0 aliphatic rings. The van der Waals surface area contributed by atoms with Crippen LogP contribution in [0.1, 0.15) is 46.0 Å². The predicted molar refractivity (Wildman–Crippen MR) is 58.6 cm³/mol. The quantitative estimate of drug-likeness (QED) is 0.607. The summed E-state index contributed by atoms with van der Waals surface area (Å²) in [4.78, 5) is 21.7. The number of carboxylic acids is 1. The van der Waals surface area contributed by atoms with Crippen molar-refractivity contribution in [2.75, 3.05) is 6.54 Å². The Morgan fingerprint density at radius 1 is 1.33 bits per heavy atom. The highest BCUT2D eigenvalue weighted by molar-refractivity contribution is 5.78. The molecule has 0 aromatic carbocycles. The molecule has 2 N–H and O–H groups in total. The number of carboxylic acid groups (broad SMARTS) is 1. The van der Waals surface area contributed by atoms with Gasteiger partial charge in [-0.2, -0.15) is 0 Å². The summed E-state index contributed by atoms with van der Waals surface area (Å²) in [6, 6.07) is 0. The molecule has 4 heteroatoms. The molecule has 0 radical (unpaired) electrons. The van der Waals surface area contributed by atoms with E-state index in [1.165, 1.54) is 0 Å². The molecule has 0 rings (SSSR count). The third-order valence-corrected chi connectivity index (χ3v) is 2.32. The first-order valence-electron chi connectivity index (χ1n) is 5.57. The Balaban J connectivity index is 3.55. The van der Waals surface area contributed by atoms with E-state index in [0.29, 0.717) is 13.0 Å². The van der Waals surface area contributed by atoms with Crippen LogP contribution in [0, 0.1) is 5.92 Å². The van der Waals surface area contributed by atoms with Crippen molar-refractivity contribution >= 4 is 11.9 Å². The first-order valence-corrected chi connectivity index (χ1v) is 5.57. The fraction of sp³-hybridized carbons (Fsp3) is 0.818. The second-order valence-electron chi connectivity index (χ2n) is 3.83. The third kappa shape index (κ3) is 7.97.